The van der Waals surface area contributed by atoms with Crippen LogP contribution < -0.4 is 5.46 Å². The highest BCUT2D eigenvalue weighted by Crippen LogP contribution is 2.43. The van der Waals surface area contributed by atoms with E-state index in [1.54, 1.807) is 0 Å². The van der Waals surface area contributed by atoms with Gasteiger partial charge in [-0.1, -0.05) is 54.6 Å². The van der Waals surface area contributed by atoms with Crippen molar-refractivity contribution in [2.75, 3.05) is 0 Å². The summed E-state index contributed by atoms with van der Waals surface area (Å²) < 4.78 is 15.3. The Balaban J connectivity index is 1.48. The van der Waals surface area contributed by atoms with Crippen LogP contribution in [0.5, 0.6) is 0 Å². The molecule has 5 aromatic carbocycles. The zero-order valence-electron chi connectivity index (χ0n) is 21.9. The first-order valence-electron chi connectivity index (χ1n) is 13.2. The summed E-state index contributed by atoms with van der Waals surface area (Å²) in [5.74, 6) is 0. The van der Waals surface area contributed by atoms with Crippen LogP contribution in [0.15, 0.2) is 91.1 Å². The van der Waals surface area contributed by atoms with Crippen molar-refractivity contribution in [2.45, 2.75) is 38.9 Å². The lowest BCUT2D eigenvalue weighted by Crippen LogP contribution is -2.41. The molecule has 0 N–H and O–H groups in total. The third kappa shape index (κ3) is 2.81. The second-order valence-electron chi connectivity index (χ2n) is 11.5. The lowest BCUT2D eigenvalue weighted by molar-refractivity contribution is 0.00578. The lowest BCUT2D eigenvalue weighted by atomic mass is 9.74. The van der Waals surface area contributed by atoms with Crippen LogP contribution in [-0.2, 0) is 9.31 Å². The molecule has 0 unspecified atom stereocenters. The van der Waals surface area contributed by atoms with Crippen LogP contribution in [0, 0.1) is 0 Å². The highest BCUT2D eigenvalue weighted by Gasteiger charge is 2.52. The predicted octanol–water partition coefficient (Wildman–Crippen LogP) is 7.38. The van der Waals surface area contributed by atoms with E-state index >= 15 is 0 Å². The number of hydrogen-bond donors (Lipinski definition) is 0. The summed E-state index contributed by atoms with van der Waals surface area (Å²) in [6.07, 6.45) is 1.89. The molecule has 184 valence electrons. The van der Waals surface area contributed by atoms with Gasteiger partial charge in [0.2, 0.25) is 0 Å². The molecule has 0 spiro atoms. The first kappa shape index (κ1) is 22.1. The highest BCUT2D eigenvalue weighted by atomic mass is 16.7. The van der Waals surface area contributed by atoms with E-state index in [-0.39, 0.29) is 0 Å². The fourth-order valence-corrected chi connectivity index (χ4v) is 6.24. The van der Waals surface area contributed by atoms with Gasteiger partial charge in [-0.3, -0.25) is 4.98 Å². The molecule has 3 heterocycles. The minimum absolute atomic E-state index is 0.390. The Morgan fingerprint density at radius 1 is 0.658 bits per heavy atom. The standard InChI is InChI=1S/C33H27BN2O2/c1-32(2)33(3,4)38-34(37-32)25-17-14-20-12-16-24-29-21(13-15-23(25)28(20)29)19-27-30(24)31-26(11-8-18-35-31)36(27)22-9-6-5-7-10-22/h5-19H,1-4H3. The van der Waals surface area contributed by atoms with Crippen LogP contribution in [0.4, 0.5) is 0 Å². The van der Waals surface area contributed by atoms with Gasteiger partial charge in [-0.15, -0.1) is 0 Å². The van der Waals surface area contributed by atoms with E-state index in [4.69, 9.17) is 14.3 Å². The first-order chi connectivity index (χ1) is 18.3. The molecule has 4 nitrogen and oxygen atoms in total. The molecule has 0 atom stereocenters. The molecule has 0 amide bonds. The van der Waals surface area contributed by atoms with Crippen LogP contribution in [0.3, 0.4) is 0 Å². The van der Waals surface area contributed by atoms with E-state index in [0.717, 1.165) is 22.2 Å². The molecular weight excluding hydrogens is 467 g/mol. The summed E-state index contributed by atoms with van der Waals surface area (Å²) in [6.45, 7) is 8.43. The largest absolute Gasteiger partial charge is 0.495 e. The zero-order valence-corrected chi connectivity index (χ0v) is 21.9. The maximum atomic E-state index is 6.49. The zero-order chi connectivity index (χ0) is 25.8. The lowest BCUT2D eigenvalue weighted by Gasteiger charge is -2.32. The summed E-state index contributed by atoms with van der Waals surface area (Å²) in [7, 11) is -0.411. The van der Waals surface area contributed by atoms with Crippen molar-refractivity contribution in [3.63, 3.8) is 0 Å². The molecule has 1 fully saturated rings. The van der Waals surface area contributed by atoms with Crippen molar-refractivity contribution in [3.05, 3.63) is 91.1 Å². The Labute approximate surface area is 221 Å². The summed E-state index contributed by atoms with van der Waals surface area (Å²) in [4.78, 5) is 4.89. The van der Waals surface area contributed by atoms with Crippen molar-refractivity contribution in [1.29, 1.82) is 0 Å². The number of nitrogens with zero attached hydrogens (tertiary/aromatic N) is 2. The first-order valence-corrected chi connectivity index (χ1v) is 13.2. The third-order valence-corrected chi connectivity index (χ3v) is 8.82. The van der Waals surface area contributed by atoms with E-state index in [0.29, 0.717) is 0 Å². The second-order valence-corrected chi connectivity index (χ2v) is 11.5. The van der Waals surface area contributed by atoms with E-state index in [1.807, 2.05) is 12.3 Å². The predicted molar refractivity (Wildman–Crippen MR) is 158 cm³/mol. The van der Waals surface area contributed by atoms with Gasteiger partial charge in [0.05, 0.1) is 27.8 Å². The maximum Gasteiger partial charge on any atom is 0.495 e. The van der Waals surface area contributed by atoms with Crippen molar-refractivity contribution in [1.82, 2.24) is 9.55 Å². The summed E-state index contributed by atoms with van der Waals surface area (Å²) in [5, 5.41) is 8.55. The fraction of sp³-hybridized carbons (Fsp3) is 0.182. The second kappa shape index (κ2) is 7.34. The van der Waals surface area contributed by atoms with Crippen molar-refractivity contribution in [3.8, 4) is 5.69 Å². The molecule has 2 aromatic heterocycles. The summed E-state index contributed by atoms with van der Waals surface area (Å²) in [6, 6.07) is 30.4. The Morgan fingerprint density at radius 2 is 1.34 bits per heavy atom. The number of para-hydroxylation sites is 1. The van der Waals surface area contributed by atoms with Gasteiger partial charge in [-0.25, -0.2) is 0 Å². The number of hydrogen-bond acceptors (Lipinski definition) is 3. The van der Waals surface area contributed by atoms with Crippen LogP contribution in [0.1, 0.15) is 27.7 Å². The van der Waals surface area contributed by atoms with E-state index in [9.17, 15) is 0 Å². The molecule has 5 heteroatoms. The Morgan fingerprint density at radius 3 is 2.13 bits per heavy atom. The molecule has 0 aliphatic carbocycles. The molecule has 0 radical (unpaired) electrons. The SMILES string of the molecule is CC1(C)OB(c2ccc3ccc4c5c(ccc2c35)cc2c4c3ncccc3n2-c2ccccc2)OC1(C)C. The van der Waals surface area contributed by atoms with Gasteiger partial charge in [0.25, 0.3) is 0 Å². The molecule has 1 aliphatic rings. The van der Waals surface area contributed by atoms with Crippen molar-refractivity contribution in [2.24, 2.45) is 0 Å². The topological polar surface area (TPSA) is 36.3 Å². The number of rotatable bonds is 2. The molecule has 1 aliphatic heterocycles. The number of aromatic nitrogens is 2. The van der Waals surface area contributed by atoms with Gasteiger partial charge in [0, 0.05) is 17.3 Å². The number of pyridine rings is 1. The van der Waals surface area contributed by atoms with Gasteiger partial charge in [-0.05, 0) is 95.8 Å². The quantitative estimate of drug-likeness (QED) is 0.186. The Bertz CT molecular complexity index is 2030. The number of fused-ring (bicyclic) bond motifs is 4. The minimum Gasteiger partial charge on any atom is -0.399 e. The van der Waals surface area contributed by atoms with Gasteiger partial charge in [0.1, 0.15) is 0 Å². The van der Waals surface area contributed by atoms with Gasteiger partial charge in [-0.2, -0.15) is 0 Å². The summed E-state index contributed by atoms with van der Waals surface area (Å²) in [5.41, 5.74) is 4.74. The van der Waals surface area contributed by atoms with Crippen molar-refractivity contribution >= 4 is 66.8 Å². The van der Waals surface area contributed by atoms with E-state index in [2.05, 4.69) is 111 Å². The smallest absolute Gasteiger partial charge is 0.399 e. The van der Waals surface area contributed by atoms with Crippen LogP contribution in [0.2, 0.25) is 0 Å². The third-order valence-electron chi connectivity index (χ3n) is 8.82. The fourth-order valence-electron chi connectivity index (χ4n) is 6.24. The molecule has 0 bridgehead atoms. The Kier molecular flexibility index (Phi) is 4.27. The van der Waals surface area contributed by atoms with Crippen LogP contribution >= 0.6 is 0 Å². The maximum absolute atomic E-state index is 6.49. The molecule has 8 rings (SSSR count). The molecule has 1 saturated heterocycles. The average molecular weight is 494 g/mol. The monoisotopic (exact) mass is 494 g/mol. The van der Waals surface area contributed by atoms with E-state index in [1.165, 1.54) is 43.2 Å². The molecular formula is C33H27BN2O2. The van der Waals surface area contributed by atoms with Gasteiger partial charge >= 0.3 is 7.12 Å². The van der Waals surface area contributed by atoms with E-state index < -0.39 is 18.3 Å². The van der Waals surface area contributed by atoms with Gasteiger partial charge in [0.15, 0.2) is 0 Å². The number of benzene rings is 5. The Hall–Kier alpha value is -3.93. The minimum atomic E-state index is -0.411. The molecule has 0 saturated carbocycles. The highest BCUT2D eigenvalue weighted by molar-refractivity contribution is 6.65. The van der Waals surface area contributed by atoms with Crippen molar-refractivity contribution < 1.29 is 9.31 Å². The summed E-state index contributed by atoms with van der Waals surface area (Å²) >= 11 is 0. The van der Waals surface area contributed by atoms with Gasteiger partial charge < -0.3 is 13.9 Å². The van der Waals surface area contributed by atoms with Crippen LogP contribution in [0.25, 0.3) is 59.9 Å². The average Bonchev–Trinajstić information content (AvgIpc) is 3.36. The molecule has 38 heavy (non-hydrogen) atoms. The normalized spacial score (nSPS) is 17.1. The molecule has 7 aromatic rings. The van der Waals surface area contributed by atoms with Crippen LogP contribution in [-0.4, -0.2) is 27.9 Å².